The Morgan fingerprint density at radius 1 is 1.23 bits per heavy atom. The highest BCUT2D eigenvalue weighted by atomic mass is 35.5. The first kappa shape index (κ1) is 23.6. The largest absolute Gasteiger partial charge is 0.490 e. The smallest absolute Gasteiger partial charge is 0.475 e. The number of carboxylic acid groups (broad SMARTS) is 1. The molecule has 0 aliphatic carbocycles. The first-order chi connectivity index (χ1) is 14.0. The van der Waals surface area contributed by atoms with E-state index in [2.05, 4.69) is 15.6 Å². The van der Waals surface area contributed by atoms with Gasteiger partial charge in [-0.1, -0.05) is 23.7 Å². The van der Waals surface area contributed by atoms with E-state index in [1.807, 2.05) is 24.3 Å². The first-order valence-electron chi connectivity index (χ1n) is 8.62. The van der Waals surface area contributed by atoms with Gasteiger partial charge in [0.2, 0.25) is 0 Å². The number of rotatable bonds is 5. The number of hydrogen-bond donors (Lipinski definition) is 3. The van der Waals surface area contributed by atoms with Crippen molar-refractivity contribution in [2.75, 3.05) is 25.5 Å². The minimum absolute atomic E-state index is 0.0975. The predicted octanol–water partition coefficient (Wildman–Crippen LogP) is 3.15. The molecule has 1 aliphatic heterocycles. The topological polar surface area (TPSA) is 101 Å². The van der Waals surface area contributed by atoms with E-state index in [4.69, 9.17) is 26.2 Å². The molecule has 0 saturated carbocycles. The number of hydrogen-bond acceptors (Lipinski definition) is 5. The number of nitrogens with one attached hydrogen (secondary N) is 2. The Labute approximate surface area is 175 Å². The number of carboxylic acids is 1. The number of halogens is 4. The number of aromatic nitrogens is 1. The number of alkyl halides is 3. The van der Waals surface area contributed by atoms with Crippen LogP contribution in [0.3, 0.4) is 0 Å². The Morgan fingerprint density at radius 2 is 1.83 bits per heavy atom. The molecule has 0 unspecified atom stereocenters. The van der Waals surface area contributed by atoms with Crippen molar-refractivity contribution in [2.24, 2.45) is 0 Å². The van der Waals surface area contributed by atoms with E-state index in [0.717, 1.165) is 25.2 Å². The van der Waals surface area contributed by atoms with Crippen molar-refractivity contribution in [1.29, 1.82) is 0 Å². The summed E-state index contributed by atoms with van der Waals surface area (Å²) >= 11 is 5.72. The normalized spacial score (nSPS) is 14.7. The number of ether oxygens (including phenoxy) is 1. The van der Waals surface area contributed by atoms with Crippen LogP contribution >= 0.6 is 11.6 Å². The number of aliphatic carboxylic acids is 1. The molecular formula is C19H19ClF3N3O4. The molecule has 162 valence electrons. The van der Waals surface area contributed by atoms with E-state index >= 15 is 0 Å². The molecular weight excluding hydrogens is 427 g/mol. The van der Waals surface area contributed by atoms with Gasteiger partial charge in [-0.05, 0) is 29.8 Å². The third-order valence-corrected chi connectivity index (χ3v) is 4.52. The summed E-state index contributed by atoms with van der Waals surface area (Å²) in [4.78, 5) is 24.9. The number of methoxy groups -OCH3 is 1. The number of carbonyl (C=O) groups excluding carboxylic acids is 1. The summed E-state index contributed by atoms with van der Waals surface area (Å²) in [5.74, 6) is -2.97. The Balaban J connectivity index is 0.000000396. The summed E-state index contributed by atoms with van der Waals surface area (Å²) in [6.45, 7) is 1.73. The second kappa shape index (κ2) is 9.88. The summed E-state index contributed by atoms with van der Waals surface area (Å²) in [6.07, 6.45) is -2.77. The zero-order valence-electron chi connectivity index (χ0n) is 15.8. The van der Waals surface area contributed by atoms with Crippen LogP contribution in [-0.4, -0.2) is 53.9 Å². The molecule has 1 aromatic heterocycles. The molecule has 1 saturated heterocycles. The van der Waals surface area contributed by atoms with Crippen LogP contribution in [0, 0.1) is 0 Å². The zero-order valence-corrected chi connectivity index (χ0v) is 16.5. The Bertz CT molecular complexity index is 865. The molecule has 0 radical (unpaired) electrons. The Morgan fingerprint density at radius 3 is 2.23 bits per heavy atom. The van der Waals surface area contributed by atoms with Crippen molar-refractivity contribution in [3.63, 3.8) is 0 Å². The molecule has 1 amide bonds. The van der Waals surface area contributed by atoms with Crippen LogP contribution in [0.5, 0.6) is 0 Å². The highest BCUT2D eigenvalue weighted by molar-refractivity contribution is 6.29. The van der Waals surface area contributed by atoms with Gasteiger partial charge in [0, 0.05) is 38.5 Å². The van der Waals surface area contributed by atoms with Crippen LogP contribution in [0.1, 0.15) is 15.9 Å². The fourth-order valence-corrected chi connectivity index (χ4v) is 2.65. The van der Waals surface area contributed by atoms with Gasteiger partial charge in [0.05, 0.1) is 11.2 Å². The lowest BCUT2D eigenvalue weighted by Gasteiger charge is -2.41. The summed E-state index contributed by atoms with van der Waals surface area (Å²) in [7, 11) is 1.75. The fourth-order valence-electron chi connectivity index (χ4n) is 2.54. The lowest BCUT2D eigenvalue weighted by molar-refractivity contribution is -0.192. The van der Waals surface area contributed by atoms with Crippen molar-refractivity contribution in [1.82, 2.24) is 10.3 Å². The third kappa shape index (κ3) is 6.68. The van der Waals surface area contributed by atoms with E-state index in [0.29, 0.717) is 10.7 Å². The maximum atomic E-state index is 12.1. The minimum Gasteiger partial charge on any atom is -0.475 e. The molecule has 1 aliphatic rings. The van der Waals surface area contributed by atoms with Crippen LogP contribution < -0.4 is 10.6 Å². The van der Waals surface area contributed by atoms with Crippen LogP contribution in [0.2, 0.25) is 5.15 Å². The van der Waals surface area contributed by atoms with E-state index in [9.17, 15) is 18.0 Å². The fraction of sp³-hybridized carbons (Fsp3) is 0.316. The van der Waals surface area contributed by atoms with Gasteiger partial charge in [-0.2, -0.15) is 13.2 Å². The molecule has 2 aromatic rings. The minimum atomic E-state index is -5.08. The lowest BCUT2D eigenvalue weighted by atomic mass is 9.89. The molecule has 0 spiro atoms. The number of amides is 1. The number of anilines is 1. The molecule has 1 aromatic carbocycles. The van der Waals surface area contributed by atoms with Crippen molar-refractivity contribution in [3.8, 4) is 0 Å². The van der Waals surface area contributed by atoms with Gasteiger partial charge in [0.15, 0.2) is 0 Å². The maximum Gasteiger partial charge on any atom is 0.490 e. The molecule has 3 rings (SSSR count). The van der Waals surface area contributed by atoms with Gasteiger partial charge < -0.3 is 20.5 Å². The van der Waals surface area contributed by atoms with Crippen LogP contribution in [0.4, 0.5) is 18.9 Å². The molecule has 11 heteroatoms. The number of pyridine rings is 1. The molecule has 3 N–H and O–H groups in total. The first-order valence-corrected chi connectivity index (χ1v) is 9.00. The summed E-state index contributed by atoms with van der Waals surface area (Å²) in [6, 6.07) is 11.0. The molecule has 7 nitrogen and oxygen atoms in total. The van der Waals surface area contributed by atoms with Gasteiger partial charge in [0.1, 0.15) is 5.15 Å². The van der Waals surface area contributed by atoms with Gasteiger partial charge in [-0.15, -0.1) is 0 Å². The lowest BCUT2D eigenvalue weighted by Crippen LogP contribution is -2.61. The van der Waals surface area contributed by atoms with Crippen LogP contribution in [0.15, 0.2) is 42.6 Å². The predicted molar refractivity (Wildman–Crippen MR) is 104 cm³/mol. The highest BCUT2D eigenvalue weighted by Gasteiger charge is 2.38. The van der Waals surface area contributed by atoms with Gasteiger partial charge in [-0.25, -0.2) is 9.78 Å². The number of benzene rings is 1. The van der Waals surface area contributed by atoms with Crippen LogP contribution in [0.25, 0.3) is 0 Å². The van der Waals surface area contributed by atoms with Gasteiger partial charge in [0.25, 0.3) is 5.91 Å². The number of nitrogens with zero attached hydrogens (tertiary/aromatic N) is 1. The molecule has 0 bridgehead atoms. The van der Waals surface area contributed by atoms with E-state index < -0.39 is 12.1 Å². The zero-order chi connectivity index (χ0) is 22.4. The van der Waals surface area contributed by atoms with Crippen molar-refractivity contribution < 1.29 is 32.6 Å². The second-order valence-corrected chi connectivity index (χ2v) is 6.88. The summed E-state index contributed by atoms with van der Waals surface area (Å²) in [5, 5.41) is 13.6. The van der Waals surface area contributed by atoms with Crippen molar-refractivity contribution in [2.45, 2.75) is 18.2 Å². The standard InChI is InChI=1S/C17H18ClN3O2.C2HF3O2/c1-23-17(10-19-11-17)8-12-2-5-14(6-3-12)21-16(22)13-4-7-15(18)20-9-13;3-2(4,5)1(6)7/h2-7,9,19H,8,10-11H2,1H3,(H,21,22);(H,6,7). The molecule has 1 fully saturated rings. The Hall–Kier alpha value is -2.69. The maximum absolute atomic E-state index is 12.1. The highest BCUT2D eigenvalue weighted by Crippen LogP contribution is 2.23. The van der Waals surface area contributed by atoms with E-state index in [1.54, 1.807) is 19.2 Å². The molecule has 2 heterocycles. The monoisotopic (exact) mass is 445 g/mol. The second-order valence-electron chi connectivity index (χ2n) is 6.49. The molecule has 30 heavy (non-hydrogen) atoms. The van der Waals surface area contributed by atoms with E-state index in [-0.39, 0.29) is 11.5 Å². The molecule has 0 atom stereocenters. The van der Waals surface area contributed by atoms with Crippen LogP contribution in [-0.2, 0) is 16.0 Å². The Kier molecular flexibility index (Phi) is 7.77. The number of carbonyl (C=O) groups is 2. The summed E-state index contributed by atoms with van der Waals surface area (Å²) in [5.41, 5.74) is 2.29. The van der Waals surface area contributed by atoms with Gasteiger partial charge >= 0.3 is 12.1 Å². The van der Waals surface area contributed by atoms with Crippen molar-refractivity contribution in [3.05, 3.63) is 58.9 Å². The quantitative estimate of drug-likeness (QED) is 0.611. The van der Waals surface area contributed by atoms with E-state index in [1.165, 1.54) is 11.8 Å². The summed E-state index contributed by atoms with van der Waals surface area (Å²) < 4.78 is 37.3. The average Bonchev–Trinajstić information content (AvgIpc) is 2.66. The van der Waals surface area contributed by atoms with Crippen molar-refractivity contribution >= 4 is 29.2 Å². The average molecular weight is 446 g/mol. The van der Waals surface area contributed by atoms with Gasteiger partial charge in [-0.3, -0.25) is 4.79 Å². The SMILES string of the molecule is COC1(Cc2ccc(NC(=O)c3ccc(Cl)nc3)cc2)CNC1.O=C(O)C(F)(F)F. The third-order valence-electron chi connectivity index (χ3n) is 4.30.